The topological polar surface area (TPSA) is 116 Å². The van der Waals surface area contributed by atoms with Gasteiger partial charge in [-0.25, -0.2) is 9.59 Å². The molecule has 0 aromatic rings. The number of likely N-dealkylation sites (tertiary alicyclic amines) is 1. The van der Waals surface area contributed by atoms with Gasteiger partial charge in [0, 0.05) is 19.5 Å². The molecule has 0 saturated carbocycles. The van der Waals surface area contributed by atoms with Crippen molar-refractivity contribution < 1.29 is 19.8 Å². The van der Waals surface area contributed by atoms with Gasteiger partial charge in [0.2, 0.25) is 0 Å². The van der Waals surface area contributed by atoms with E-state index in [-0.39, 0.29) is 13.0 Å². The van der Waals surface area contributed by atoms with Gasteiger partial charge in [-0.05, 0) is 13.0 Å². The summed E-state index contributed by atoms with van der Waals surface area (Å²) in [5.74, 6) is -1.09. The number of nitrogens with two attached hydrogens (primary N) is 1. The quantitative estimate of drug-likeness (QED) is 0.442. The van der Waals surface area contributed by atoms with Crippen LogP contribution in [0.25, 0.3) is 0 Å². The lowest BCUT2D eigenvalue weighted by atomic mass is 10.2. The number of carbonyl (C=O) groups is 2. The first-order valence-corrected chi connectivity index (χ1v) is 5.21. The monoisotopic (exact) mass is 231 g/mol. The SMILES string of the molecule is NCCCNC(=O)N1CC(O)CC1C(=O)O. The maximum Gasteiger partial charge on any atom is 0.326 e. The van der Waals surface area contributed by atoms with Gasteiger partial charge in [0.1, 0.15) is 6.04 Å². The summed E-state index contributed by atoms with van der Waals surface area (Å²) in [6, 6.07) is -1.40. The molecular weight excluding hydrogens is 214 g/mol. The summed E-state index contributed by atoms with van der Waals surface area (Å²) in [5, 5.41) is 20.8. The number of aliphatic hydroxyl groups excluding tert-OH is 1. The fraction of sp³-hybridized carbons (Fsp3) is 0.778. The Morgan fingerprint density at radius 3 is 2.75 bits per heavy atom. The number of hydrogen-bond acceptors (Lipinski definition) is 4. The molecule has 5 N–H and O–H groups in total. The lowest BCUT2D eigenvalue weighted by Crippen LogP contribution is -2.46. The van der Waals surface area contributed by atoms with Crippen LogP contribution in [0, 0.1) is 0 Å². The normalized spacial score (nSPS) is 24.5. The second-order valence-corrected chi connectivity index (χ2v) is 3.77. The third-order valence-electron chi connectivity index (χ3n) is 2.48. The van der Waals surface area contributed by atoms with E-state index < -0.39 is 24.1 Å². The molecule has 0 radical (unpaired) electrons. The van der Waals surface area contributed by atoms with Crippen LogP contribution in [0.5, 0.6) is 0 Å². The Bertz CT molecular complexity index is 271. The van der Waals surface area contributed by atoms with Crippen LogP contribution >= 0.6 is 0 Å². The van der Waals surface area contributed by atoms with E-state index in [4.69, 9.17) is 10.8 Å². The van der Waals surface area contributed by atoms with Crippen LogP contribution in [-0.4, -0.2) is 58.9 Å². The van der Waals surface area contributed by atoms with E-state index in [9.17, 15) is 14.7 Å². The lowest BCUT2D eigenvalue weighted by Gasteiger charge is -2.21. The van der Waals surface area contributed by atoms with Crippen molar-refractivity contribution in [2.75, 3.05) is 19.6 Å². The molecule has 1 saturated heterocycles. The van der Waals surface area contributed by atoms with Crippen molar-refractivity contribution in [3.05, 3.63) is 0 Å². The Balaban J connectivity index is 2.50. The van der Waals surface area contributed by atoms with Gasteiger partial charge in [-0.1, -0.05) is 0 Å². The summed E-state index contributed by atoms with van der Waals surface area (Å²) in [7, 11) is 0. The van der Waals surface area contributed by atoms with E-state index in [1.54, 1.807) is 0 Å². The van der Waals surface area contributed by atoms with Gasteiger partial charge < -0.3 is 26.2 Å². The second kappa shape index (κ2) is 5.66. The van der Waals surface area contributed by atoms with Gasteiger partial charge in [0.25, 0.3) is 0 Å². The van der Waals surface area contributed by atoms with Gasteiger partial charge in [-0.3, -0.25) is 0 Å². The van der Waals surface area contributed by atoms with E-state index in [1.807, 2.05) is 0 Å². The van der Waals surface area contributed by atoms with Crippen molar-refractivity contribution in [2.24, 2.45) is 5.73 Å². The summed E-state index contributed by atoms with van der Waals surface area (Å²) in [6.45, 7) is 0.935. The van der Waals surface area contributed by atoms with Gasteiger partial charge in [-0.15, -0.1) is 0 Å². The zero-order chi connectivity index (χ0) is 12.1. The zero-order valence-electron chi connectivity index (χ0n) is 8.93. The lowest BCUT2D eigenvalue weighted by molar-refractivity contribution is -0.141. The highest BCUT2D eigenvalue weighted by atomic mass is 16.4. The maximum atomic E-state index is 11.6. The van der Waals surface area contributed by atoms with Crippen LogP contribution in [-0.2, 0) is 4.79 Å². The number of carboxylic acid groups (broad SMARTS) is 1. The van der Waals surface area contributed by atoms with Gasteiger partial charge in [0.15, 0.2) is 0 Å². The summed E-state index contributed by atoms with van der Waals surface area (Å²) in [6.07, 6.45) is -0.0409. The van der Waals surface area contributed by atoms with Crippen molar-refractivity contribution >= 4 is 12.0 Å². The third kappa shape index (κ3) is 3.07. The molecule has 92 valence electrons. The van der Waals surface area contributed by atoms with Crippen molar-refractivity contribution in [1.29, 1.82) is 0 Å². The van der Waals surface area contributed by atoms with Crippen LogP contribution in [0.15, 0.2) is 0 Å². The fourth-order valence-electron chi connectivity index (χ4n) is 1.67. The highest BCUT2D eigenvalue weighted by Crippen LogP contribution is 2.17. The summed E-state index contributed by atoms with van der Waals surface area (Å²) < 4.78 is 0. The molecule has 0 spiro atoms. The van der Waals surface area contributed by atoms with Crippen LogP contribution in [0.4, 0.5) is 4.79 Å². The molecule has 2 amide bonds. The zero-order valence-corrected chi connectivity index (χ0v) is 8.93. The molecular formula is C9H17N3O4. The largest absolute Gasteiger partial charge is 0.480 e. The minimum absolute atomic E-state index is 0.0609. The number of aliphatic carboxylic acids is 1. The number of β-amino-alcohol motifs (C(OH)–C–C–N with tert-alkyl or cyclic N) is 1. The van der Waals surface area contributed by atoms with Crippen molar-refractivity contribution in [1.82, 2.24) is 10.2 Å². The van der Waals surface area contributed by atoms with E-state index in [0.717, 1.165) is 4.90 Å². The molecule has 1 aliphatic rings. The molecule has 0 aromatic heterocycles. The molecule has 7 heteroatoms. The van der Waals surface area contributed by atoms with Crippen LogP contribution in [0.3, 0.4) is 0 Å². The average molecular weight is 231 g/mol. The number of carbonyl (C=O) groups excluding carboxylic acids is 1. The number of rotatable bonds is 4. The van der Waals surface area contributed by atoms with E-state index in [1.165, 1.54) is 0 Å². The Hall–Kier alpha value is -1.34. The Labute approximate surface area is 93.2 Å². The van der Waals surface area contributed by atoms with Crippen molar-refractivity contribution in [3.8, 4) is 0 Å². The Morgan fingerprint density at radius 1 is 1.50 bits per heavy atom. The number of nitrogens with zero attached hydrogens (tertiary/aromatic N) is 1. The molecule has 2 unspecified atom stereocenters. The average Bonchev–Trinajstić information content (AvgIpc) is 2.61. The van der Waals surface area contributed by atoms with Crippen molar-refractivity contribution in [2.45, 2.75) is 25.0 Å². The minimum Gasteiger partial charge on any atom is -0.480 e. The Morgan fingerprint density at radius 2 is 2.19 bits per heavy atom. The number of carboxylic acids is 1. The predicted molar refractivity (Wildman–Crippen MR) is 55.8 cm³/mol. The summed E-state index contributed by atoms with van der Waals surface area (Å²) in [5.41, 5.74) is 5.27. The molecule has 1 rings (SSSR count). The van der Waals surface area contributed by atoms with Gasteiger partial charge in [0.05, 0.1) is 6.10 Å². The fourth-order valence-corrected chi connectivity index (χ4v) is 1.67. The number of aliphatic hydroxyl groups is 1. The molecule has 1 heterocycles. The first-order valence-electron chi connectivity index (χ1n) is 5.21. The third-order valence-corrected chi connectivity index (χ3v) is 2.48. The van der Waals surface area contributed by atoms with Gasteiger partial charge in [-0.2, -0.15) is 0 Å². The molecule has 1 fully saturated rings. The van der Waals surface area contributed by atoms with E-state index >= 15 is 0 Å². The maximum absolute atomic E-state index is 11.6. The number of nitrogens with one attached hydrogen (secondary N) is 1. The molecule has 16 heavy (non-hydrogen) atoms. The summed E-state index contributed by atoms with van der Waals surface area (Å²) in [4.78, 5) is 23.6. The van der Waals surface area contributed by atoms with E-state index in [0.29, 0.717) is 19.5 Å². The predicted octanol–water partition coefficient (Wildman–Crippen LogP) is -1.44. The molecule has 2 atom stereocenters. The van der Waals surface area contributed by atoms with Crippen LogP contribution < -0.4 is 11.1 Å². The standard InChI is InChI=1S/C9H17N3O4/c10-2-1-3-11-9(16)12-5-6(13)4-7(12)8(14)15/h6-7,13H,1-5,10H2,(H,11,16)(H,14,15). The first-order chi connectivity index (χ1) is 7.56. The Kier molecular flexibility index (Phi) is 4.51. The number of hydrogen-bond donors (Lipinski definition) is 4. The van der Waals surface area contributed by atoms with E-state index in [2.05, 4.69) is 5.32 Å². The van der Waals surface area contributed by atoms with Gasteiger partial charge >= 0.3 is 12.0 Å². The van der Waals surface area contributed by atoms with Crippen LogP contribution in [0.2, 0.25) is 0 Å². The van der Waals surface area contributed by atoms with Crippen LogP contribution in [0.1, 0.15) is 12.8 Å². The molecule has 0 aliphatic carbocycles. The number of amides is 2. The second-order valence-electron chi connectivity index (χ2n) is 3.77. The highest BCUT2D eigenvalue weighted by molar-refractivity contribution is 5.83. The molecule has 0 aromatic carbocycles. The van der Waals surface area contributed by atoms with Crippen molar-refractivity contribution in [3.63, 3.8) is 0 Å². The minimum atomic E-state index is -1.09. The first kappa shape index (κ1) is 12.7. The molecule has 1 aliphatic heterocycles. The molecule has 0 bridgehead atoms. The smallest absolute Gasteiger partial charge is 0.326 e. The summed E-state index contributed by atoms with van der Waals surface area (Å²) >= 11 is 0. The highest BCUT2D eigenvalue weighted by Gasteiger charge is 2.38. The molecule has 7 nitrogen and oxygen atoms in total. The number of urea groups is 1.